The molecule has 1 saturated heterocycles. The normalized spacial score (nSPS) is 18.8. The van der Waals surface area contributed by atoms with Crippen LogP contribution in [0.5, 0.6) is 0 Å². The number of nitrogens with zero attached hydrogens (tertiary/aromatic N) is 1. The Labute approximate surface area is 142 Å². The van der Waals surface area contributed by atoms with E-state index >= 15 is 0 Å². The summed E-state index contributed by atoms with van der Waals surface area (Å²) < 4.78 is 16.9. The third-order valence-corrected chi connectivity index (χ3v) is 4.88. The number of ether oxygens (including phenoxy) is 1. The van der Waals surface area contributed by atoms with Crippen LogP contribution in [0.2, 0.25) is 0 Å². The van der Waals surface area contributed by atoms with Gasteiger partial charge in [0.15, 0.2) is 0 Å². The first kappa shape index (κ1) is 16.9. The number of methoxy groups -OCH3 is 1. The number of pyridine rings is 1. The summed E-state index contributed by atoms with van der Waals surface area (Å²) in [6.45, 7) is 8.14. The van der Waals surface area contributed by atoms with Crippen LogP contribution in [0.1, 0.15) is 33.4 Å². The highest BCUT2D eigenvalue weighted by molar-refractivity contribution is 6.62. The molecule has 1 aromatic heterocycles. The zero-order chi connectivity index (χ0) is 17.5. The molecule has 5 nitrogen and oxygen atoms in total. The summed E-state index contributed by atoms with van der Waals surface area (Å²) in [6, 6.07) is 7.91. The molecule has 0 radical (unpaired) electrons. The van der Waals surface area contributed by atoms with Crippen molar-refractivity contribution < 1.29 is 18.8 Å². The Morgan fingerprint density at radius 3 is 2.42 bits per heavy atom. The number of esters is 1. The van der Waals surface area contributed by atoms with Crippen LogP contribution in [0.3, 0.4) is 0 Å². The highest BCUT2D eigenvalue weighted by atomic mass is 16.7. The van der Waals surface area contributed by atoms with Gasteiger partial charge in [-0.05, 0) is 50.0 Å². The molecule has 2 heterocycles. The quantitative estimate of drug-likeness (QED) is 0.639. The number of hydrogen-bond donors (Lipinski definition) is 0. The predicted octanol–water partition coefficient (Wildman–Crippen LogP) is 2.25. The van der Waals surface area contributed by atoms with Gasteiger partial charge in [0.1, 0.15) is 0 Å². The molecule has 1 aliphatic rings. The van der Waals surface area contributed by atoms with Gasteiger partial charge >= 0.3 is 13.1 Å². The van der Waals surface area contributed by atoms with Crippen molar-refractivity contribution in [1.29, 1.82) is 0 Å². The van der Waals surface area contributed by atoms with Gasteiger partial charge in [0.25, 0.3) is 0 Å². The van der Waals surface area contributed by atoms with E-state index in [1.165, 1.54) is 7.11 Å². The van der Waals surface area contributed by atoms with Crippen LogP contribution in [0.15, 0.2) is 30.5 Å². The largest absolute Gasteiger partial charge is 0.494 e. The van der Waals surface area contributed by atoms with Crippen LogP contribution in [-0.4, -0.2) is 36.4 Å². The molecule has 1 aromatic carbocycles. The van der Waals surface area contributed by atoms with E-state index in [0.29, 0.717) is 5.69 Å². The summed E-state index contributed by atoms with van der Waals surface area (Å²) in [5.41, 5.74) is 0.888. The number of carbonyl (C=O) groups excluding carboxylic acids is 1. The Balaban J connectivity index is 1.92. The number of fused-ring (bicyclic) bond motifs is 1. The molecule has 0 unspecified atom stereocenters. The van der Waals surface area contributed by atoms with Gasteiger partial charge in [-0.25, -0.2) is 0 Å². The fourth-order valence-corrected chi connectivity index (χ4v) is 2.65. The third kappa shape index (κ3) is 3.04. The van der Waals surface area contributed by atoms with Gasteiger partial charge in [-0.1, -0.05) is 18.2 Å². The molecule has 24 heavy (non-hydrogen) atoms. The number of benzene rings is 1. The predicted molar refractivity (Wildman–Crippen MR) is 93.2 cm³/mol. The minimum atomic E-state index is -0.406. The van der Waals surface area contributed by atoms with Crippen LogP contribution in [0.4, 0.5) is 0 Å². The van der Waals surface area contributed by atoms with Gasteiger partial charge in [-0.15, -0.1) is 0 Å². The summed E-state index contributed by atoms with van der Waals surface area (Å²) >= 11 is 0. The highest BCUT2D eigenvalue weighted by Crippen LogP contribution is 2.36. The van der Waals surface area contributed by atoms with Crippen molar-refractivity contribution in [2.75, 3.05) is 7.11 Å². The zero-order valence-electron chi connectivity index (χ0n) is 14.8. The molecule has 0 bridgehead atoms. The molecular weight excluding hydrogens is 305 g/mol. The van der Waals surface area contributed by atoms with Crippen LogP contribution in [0.25, 0.3) is 10.8 Å². The molecule has 0 spiro atoms. The molecule has 0 N–H and O–H groups in total. The lowest BCUT2D eigenvalue weighted by Crippen LogP contribution is -2.41. The Morgan fingerprint density at radius 1 is 1.12 bits per heavy atom. The summed E-state index contributed by atoms with van der Waals surface area (Å²) in [5.74, 6) is -0.302. The Hall–Kier alpha value is -1.92. The van der Waals surface area contributed by atoms with Crippen molar-refractivity contribution in [3.05, 3.63) is 36.2 Å². The standard InChI is InChI=1S/C18H22BNO4/c1-17(2)18(3,4)24-19(23-17)14-7-6-12-11-20-15(9-13(12)8-14)10-16(21)22-5/h6-9,11H,10H2,1-5H3. The fourth-order valence-electron chi connectivity index (χ4n) is 2.65. The lowest BCUT2D eigenvalue weighted by atomic mass is 9.78. The lowest BCUT2D eigenvalue weighted by Gasteiger charge is -2.32. The van der Waals surface area contributed by atoms with E-state index in [1.54, 1.807) is 6.20 Å². The van der Waals surface area contributed by atoms with Crippen molar-refractivity contribution in [3.63, 3.8) is 0 Å². The molecule has 1 aliphatic heterocycles. The van der Waals surface area contributed by atoms with E-state index in [1.807, 2.05) is 52.0 Å². The van der Waals surface area contributed by atoms with Gasteiger partial charge in [-0.3, -0.25) is 9.78 Å². The maximum absolute atomic E-state index is 11.4. The third-order valence-electron chi connectivity index (χ3n) is 4.88. The molecule has 126 valence electrons. The number of carbonyl (C=O) groups is 1. The number of hydrogen-bond acceptors (Lipinski definition) is 5. The first-order chi connectivity index (χ1) is 11.2. The molecule has 0 atom stereocenters. The van der Waals surface area contributed by atoms with Crippen molar-refractivity contribution in [2.24, 2.45) is 0 Å². The molecular formula is C18H22BNO4. The Bertz CT molecular complexity index is 772. The fraction of sp³-hybridized carbons (Fsp3) is 0.444. The second-order valence-electron chi connectivity index (χ2n) is 7.12. The second-order valence-corrected chi connectivity index (χ2v) is 7.12. The van der Waals surface area contributed by atoms with E-state index in [-0.39, 0.29) is 23.6 Å². The van der Waals surface area contributed by atoms with Crippen LogP contribution in [0, 0.1) is 0 Å². The summed E-state index contributed by atoms with van der Waals surface area (Å²) in [4.78, 5) is 15.7. The summed E-state index contributed by atoms with van der Waals surface area (Å²) in [6.07, 6.45) is 1.93. The Morgan fingerprint density at radius 2 is 1.79 bits per heavy atom. The average Bonchev–Trinajstić information content (AvgIpc) is 2.74. The molecule has 0 amide bonds. The average molecular weight is 327 g/mol. The van der Waals surface area contributed by atoms with Crippen LogP contribution < -0.4 is 5.46 Å². The zero-order valence-corrected chi connectivity index (χ0v) is 14.8. The van der Waals surface area contributed by atoms with E-state index < -0.39 is 7.12 Å². The maximum Gasteiger partial charge on any atom is 0.494 e. The minimum absolute atomic E-state index is 0.160. The van der Waals surface area contributed by atoms with E-state index in [0.717, 1.165) is 16.2 Å². The lowest BCUT2D eigenvalue weighted by molar-refractivity contribution is -0.139. The maximum atomic E-state index is 11.4. The molecule has 0 aliphatic carbocycles. The number of rotatable bonds is 3. The summed E-state index contributed by atoms with van der Waals surface area (Å²) in [7, 11) is 0.969. The smallest absolute Gasteiger partial charge is 0.469 e. The molecule has 3 rings (SSSR count). The Kier molecular flexibility index (Phi) is 4.14. The molecule has 6 heteroatoms. The first-order valence-corrected chi connectivity index (χ1v) is 8.03. The molecule has 2 aromatic rings. The van der Waals surface area contributed by atoms with Gasteiger partial charge in [0.05, 0.1) is 30.4 Å². The first-order valence-electron chi connectivity index (χ1n) is 8.03. The topological polar surface area (TPSA) is 57.7 Å². The van der Waals surface area contributed by atoms with Crippen LogP contribution in [-0.2, 0) is 25.3 Å². The van der Waals surface area contributed by atoms with Gasteiger partial charge in [0, 0.05) is 6.20 Å². The second kappa shape index (κ2) is 5.86. The molecule has 0 saturated carbocycles. The molecule has 1 fully saturated rings. The van der Waals surface area contributed by atoms with Crippen molar-refractivity contribution in [2.45, 2.75) is 45.3 Å². The van der Waals surface area contributed by atoms with Crippen molar-refractivity contribution >= 4 is 29.3 Å². The van der Waals surface area contributed by atoms with Crippen molar-refractivity contribution in [3.8, 4) is 0 Å². The van der Waals surface area contributed by atoms with E-state index in [9.17, 15) is 4.79 Å². The van der Waals surface area contributed by atoms with E-state index in [2.05, 4.69) is 4.98 Å². The SMILES string of the molecule is COC(=O)Cc1cc2cc(B3OC(C)(C)C(C)(C)O3)ccc2cn1. The van der Waals surface area contributed by atoms with E-state index in [4.69, 9.17) is 14.0 Å². The minimum Gasteiger partial charge on any atom is -0.469 e. The van der Waals surface area contributed by atoms with Gasteiger partial charge in [-0.2, -0.15) is 0 Å². The highest BCUT2D eigenvalue weighted by Gasteiger charge is 2.51. The van der Waals surface area contributed by atoms with Crippen LogP contribution >= 0.6 is 0 Å². The summed E-state index contributed by atoms with van der Waals surface area (Å²) in [5, 5.41) is 2.00. The monoisotopic (exact) mass is 327 g/mol. The number of aromatic nitrogens is 1. The van der Waals surface area contributed by atoms with Gasteiger partial charge in [0.2, 0.25) is 0 Å². The van der Waals surface area contributed by atoms with Gasteiger partial charge < -0.3 is 14.0 Å². The van der Waals surface area contributed by atoms with Crippen molar-refractivity contribution in [1.82, 2.24) is 4.98 Å².